The number of hydrogen-bond donors (Lipinski definition) is 0. The van der Waals surface area contributed by atoms with Gasteiger partial charge in [0.05, 0.1) is 56.3 Å². The molecule has 10 rings (SSSR count). The molecule has 6 heterocycles. The van der Waals surface area contributed by atoms with E-state index in [1.54, 1.807) is 0 Å². The molecule has 0 atom stereocenters. The fraction of sp³-hybridized carbons (Fsp3) is 1.00. The van der Waals surface area contributed by atoms with Gasteiger partial charge in [-0.05, 0) is 214 Å². The van der Waals surface area contributed by atoms with Crippen LogP contribution >= 0.6 is 17.1 Å². The molecule has 0 aromatic carbocycles. The lowest BCUT2D eigenvalue weighted by molar-refractivity contribution is -0.320. The first-order valence-corrected chi connectivity index (χ1v) is 35.8. The van der Waals surface area contributed by atoms with Gasteiger partial charge in [-0.15, -0.1) is 0 Å². The van der Waals surface area contributed by atoms with E-state index in [0.29, 0.717) is 50.8 Å². The highest BCUT2D eigenvalue weighted by atomic mass is 31.2. The molecule has 10 aliphatic rings. The highest BCUT2D eigenvalue weighted by molar-refractivity contribution is 7.45. The van der Waals surface area contributed by atoms with Crippen molar-refractivity contribution in [2.45, 2.75) is 383 Å². The van der Waals surface area contributed by atoms with Gasteiger partial charge in [-0.1, -0.05) is 77.0 Å². The first kappa shape index (κ1) is 64.3. The summed E-state index contributed by atoms with van der Waals surface area (Å²) in [6.07, 6.45) is 33.7. The van der Waals surface area contributed by atoms with Gasteiger partial charge in [0.25, 0.3) is 17.1 Å². The van der Waals surface area contributed by atoms with Crippen molar-refractivity contribution in [1.29, 1.82) is 0 Å². The van der Waals surface area contributed by atoms with Crippen LogP contribution in [0.1, 0.15) is 291 Å². The second-order valence-electron chi connectivity index (χ2n) is 33.2. The largest absolute Gasteiger partial charge is 0.321 e. The highest BCUT2D eigenvalue weighted by Gasteiger charge is 2.60. The SMILES string of the molecule is CC1(C)CC(N(C2CC(C)(C)N(OC3CCCCC3)C(C)(C)C2)P2OCC3(CO2)COP(N(C2CC(C)(C)N(OC4CCCCC4)C(C)(C)C2)C2CC(C)(C)N(OC4CCCCC4)C(C)(C)C2)OC3)CC(C)(C)N1OC1CCCCC1. The Balaban J connectivity index is 0.887. The third-order valence-corrected chi connectivity index (χ3v) is 24.8. The van der Waals surface area contributed by atoms with Crippen LogP contribution in [0.25, 0.3) is 0 Å². The maximum Gasteiger partial charge on any atom is 0.259 e. The summed E-state index contributed by atoms with van der Waals surface area (Å²) in [5.74, 6) is 0. The second-order valence-corrected chi connectivity index (χ2v) is 36.1. The Morgan fingerprint density at radius 1 is 0.284 bits per heavy atom. The molecule has 6 saturated heterocycles. The molecule has 4 aliphatic carbocycles. The van der Waals surface area contributed by atoms with E-state index in [2.05, 4.69) is 140 Å². The summed E-state index contributed by atoms with van der Waals surface area (Å²) in [5.41, 5.74) is -1.91. The average molecular weight is 1180 g/mol. The molecule has 10 fully saturated rings. The van der Waals surface area contributed by atoms with Crippen LogP contribution < -0.4 is 0 Å². The summed E-state index contributed by atoms with van der Waals surface area (Å²) in [6.45, 7) is 41.0. The van der Waals surface area contributed by atoms with Crippen molar-refractivity contribution >= 4 is 17.1 Å². The van der Waals surface area contributed by atoms with Gasteiger partial charge in [-0.25, -0.2) is 9.34 Å². The molecule has 16 heteroatoms. The lowest BCUT2D eigenvalue weighted by Crippen LogP contribution is -2.68. The van der Waals surface area contributed by atoms with Crippen molar-refractivity contribution in [2.24, 2.45) is 5.41 Å². The van der Waals surface area contributed by atoms with Gasteiger partial charge in [0, 0.05) is 68.5 Å². The van der Waals surface area contributed by atoms with Crippen LogP contribution in [-0.4, -0.2) is 149 Å². The minimum absolute atomic E-state index is 0.189. The highest BCUT2D eigenvalue weighted by Crippen LogP contribution is 2.62. The van der Waals surface area contributed by atoms with Crippen molar-refractivity contribution in [1.82, 2.24) is 29.6 Å². The molecule has 0 amide bonds. The first-order valence-electron chi connectivity index (χ1n) is 33.6. The molecule has 0 radical (unpaired) electrons. The molecule has 468 valence electrons. The van der Waals surface area contributed by atoms with Crippen LogP contribution in [-0.2, 0) is 37.4 Å². The predicted molar refractivity (Wildman–Crippen MR) is 328 cm³/mol. The van der Waals surface area contributed by atoms with Gasteiger partial charge >= 0.3 is 0 Å². The molecule has 81 heavy (non-hydrogen) atoms. The molecule has 0 unspecified atom stereocenters. The maximum absolute atomic E-state index is 7.37. The molecule has 14 nitrogen and oxygen atoms in total. The molecule has 4 saturated carbocycles. The zero-order valence-corrected chi connectivity index (χ0v) is 56.4. The van der Waals surface area contributed by atoms with E-state index in [1.807, 2.05) is 0 Å². The average Bonchev–Trinajstić information content (AvgIpc) is 3.48. The van der Waals surface area contributed by atoms with E-state index in [0.717, 1.165) is 103 Å². The fourth-order valence-corrected chi connectivity index (χ4v) is 22.4. The number of piperidine rings is 4. The van der Waals surface area contributed by atoms with Crippen LogP contribution in [0.3, 0.4) is 0 Å². The van der Waals surface area contributed by atoms with Gasteiger partial charge < -0.3 is 18.1 Å². The Kier molecular flexibility index (Phi) is 19.8. The molecular formula is C65H120N6O8P2. The molecule has 6 aliphatic heterocycles. The summed E-state index contributed by atoms with van der Waals surface area (Å²) >= 11 is 0. The minimum atomic E-state index is -1.40. The van der Waals surface area contributed by atoms with Gasteiger partial charge in [0.1, 0.15) is 0 Å². The number of rotatable bonds is 14. The van der Waals surface area contributed by atoms with E-state index >= 15 is 0 Å². The summed E-state index contributed by atoms with van der Waals surface area (Å²) in [7, 11) is -2.81. The molecule has 0 N–H and O–H groups in total. The van der Waals surface area contributed by atoms with Gasteiger partial charge in [-0.2, -0.15) is 20.3 Å². The third-order valence-electron chi connectivity index (χ3n) is 21.3. The molecule has 0 aromatic heterocycles. The van der Waals surface area contributed by atoms with E-state index in [-0.39, 0.29) is 68.5 Å². The summed E-state index contributed by atoms with van der Waals surface area (Å²) in [5, 5.41) is 9.70. The molecular weight excluding hydrogens is 1050 g/mol. The lowest BCUT2D eigenvalue weighted by atomic mass is 9.75. The van der Waals surface area contributed by atoms with Crippen LogP contribution in [0, 0.1) is 5.41 Å². The van der Waals surface area contributed by atoms with Crippen molar-refractivity contribution in [2.75, 3.05) is 26.4 Å². The molecule has 0 bridgehead atoms. The lowest BCUT2D eigenvalue weighted by Gasteiger charge is -2.61. The minimum Gasteiger partial charge on any atom is -0.321 e. The normalized spacial score (nSPS) is 35.0. The Morgan fingerprint density at radius 3 is 0.630 bits per heavy atom. The van der Waals surface area contributed by atoms with Crippen molar-refractivity contribution in [3.8, 4) is 0 Å². The van der Waals surface area contributed by atoms with Crippen LogP contribution in [0.2, 0.25) is 0 Å². The van der Waals surface area contributed by atoms with Crippen LogP contribution in [0.15, 0.2) is 0 Å². The number of nitrogens with zero attached hydrogens (tertiary/aromatic N) is 6. The van der Waals surface area contributed by atoms with Crippen molar-refractivity contribution < 1.29 is 37.4 Å². The standard InChI is InChI=1S/C65H120N6O8P2/c1-57(2)37-49(38-58(3,4)68(57)76-53-29-21-17-22-30-53)66(50-39-59(5,6)69(60(7,8)40-50)77-54-31-23-18-24-32-54)80-72-45-65(46-73-80)47-74-81(75-48-65)67(51-41-61(9,10)70(62(11,12)42-51)78-55-33-25-19-26-34-55)52-43-63(13,14)71(64(15,16)44-52)79-56-35-27-20-28-36-56/h49-56H,17-48H2,1-16H3. The van der Waals surface area contributed by atoms with Gasteiger partial charge in [-0.3, -0.25) is 19.4 Å². The van der Waals surface area contributed by atoms with Crippen molar-refractivity contribution in [3.05, 3.63) is 0 Å². The Bertz CT molecular complexity index is 1700. The summed E-state index contributed by atoms with van der Waals surface area (Å²) < 4.78 is 35.0. The molecule has 0 aromatic rings. The Hall–Kier alpha value is 0.300. The monoisotopic (exact) mass is 1170 g/mol. The predicted octanol–water partition coefficient (Wildman–Crippen LogP) is 16.3. The van der Waals surface area contributed by atoms with E-state index in [9.17, 15) is 0 Å². The van der Waals surface area contributed by atoms with Crippen LogP contribution in [0.4, 0.5) is 0 Å². The van der Waals surface area contributed by atoms with E-state index in [4.69, 9.17) is 37.4 Å². The number of hydrogen-bond acceptors (Lipinski definition) is 14. The molecule has 1 spiro atoms. The second kappa shape index (κ2) is 24.9. The quantitative estimate of drug-likeness (QED) is 0.155. The smallest absolute Gasteiger partial charge is 0.259 e. The Labute approximate surface area is 497 Å². The summed E-state index contributed by atoms with van der Waals surface area (Å²) in [4.78, 5) is 28.4. The Morgan fingerprint density at radius 2 is 0.457 bits per heavy atom. The topological polar surface area (TPSA) is 93.3 Å². The number of hydroxylamine groups is 8. The summed E-state index contributed by atoms with van der Waals surface area (Å²) in [6, 6.07) is 0.963. The van der Waals surface area contributed by atoms with Crippen LogP contribution in [0.5, 0.6) is 0 Å². The first-order chi connectivity index (χ1) is 38.0. The zero-order valence-electron chi connectivity index (χ0n) is 54.6. The zero-order chi connectivity index (χ0) is 58.0. The third kappa shape index (κ3) is 14.5. The van der Waals surface area contributed by atoms with Crippen molar-refractivity contribution in [3.63, 3.8) is 0 Å². The maximum atomic E-state index is 7.37. The van der Waals surface area contributed by atoms with E-state index < -0.39 is 22.5 Å². The van der Waals surface area contributed by atoms with Gasteiger partial charge in [0.2, 0.25) is 0 Å². The fourth-order valence-electron chi connectivity index (χ4n) is 18.5. The van der Waals surface area contributed by atoms with E-state index in [1.165, 1.54) is 77.0 Å². The van der Waals surface area contributed by atoms with Gasteiger partial charge in [0.15, 0.2) is 0 Å².